The fourth-order valence-electron chi connectivity index (χ4n) is 4.41. The van der Waals surface area contributed by atoms with Crippen LogP contribution in [0.2, 0.25) is 0 Å². The molecule has 8 nitrogen and oxygen atoms in total. The highest BCUT2D eigenvalue weighted by atomic mass is 35.5. The Hall–Kier alpha value is -3.65. The summed E-state index contributed by atoms with van der Waals surface area (Å²) in [4.78, 5) is 29.8. The molecule has 0 radical (unpaired) electrons. The summed E-state index contributed by atoms with van der Waals surface area (Å²) >= 11 is 5.80. The second-order valence-electron chi connectivity index (χ2n) is 9.23. The van der Waals surface area contributed by atoms with Gasteiger partial charge in [0.15, 0.2) is 17.5 Å². The van der Waals surface area contributed by atoms with E-state index in [0.717, 1.165) is 10.1 Å². The van der Waals surface area contributed by atoms with Gasteiger partial charge >= 0.3 is 6.18 Å². The van der Waals surface area contributed by atoms with Gasteiger partial charge in [0.25, 0.3) is 0 Å². The summed E-state index contributed by atoms with van der Waals surface area (Å²) in [6, 6.07) is 7.79. The van der Waals surface area contributed by atoms with Gasteiger partial charge in [0.2, 0.25) is 17.6 Å². The summed E-state index contributed by atoms with van der Waals surface area (Å²) in [5, 5.41) is 9.32. The Bertz CT molecular complexity index is 1370. The zero-order valence-corrected chi connectivity index (χ0v) is 21.4. The number of benzene rings is 2. The minimum Gasteiger partial charge on any atom is -0.351 e. The summed E-state index contributed by atoms with van der Waals surface area (Å²) in [7, 11) is 0. The third-order valence-electron chi connectivity index (χ3n) is 6.41. The summed E-state index contributed by atoms with van der Waals surface area (Å²) in [6.07, 6.45) is -5.36. The highest BCUT2D eigenvalue weighted by Gasteiger charge is 2.40. The first-order valence-electron chi connectivity index (χ1n) is 12.1. The summed E-state index contributed by atoms with van der Waals surface area (Å²) < 4.78 is 82.1. The van der Waals surface area contributed by atoms with Crippen LogP contribution < -0.4 is 10.2 Å². The van der Waals surface area contributed by atoms with E-state index >= 15 is 0 Å². The predicted molar refractivity (Wildman–Crippen MR) is 130 cm³/mol. The van der Waals surface area contributed by atoms with Crippen LogP contribution >= 0.6 is 11.8 Å². The predicted octanol–water partition coefficient (Wildman–Crippen LogP) is 3.53. The van der Waals surface area contributed by atoms with Crippen LogP contribution in [-0.2, 0) is 41.7 Å². The van der Waals surface area contributed by atoms with Crippen LogP contribution in [-0.4, -0.2) is 50.1 Å². The number of fused-ring (bicyclic) bond motifs is 1. The molecule has 0 spiro atoms. The van der Waals surface area contributed by atoms with E-state index in [1.54, 1.807) is 30.3 Å². The zero-order chi connectivity index (χ0) is 29.0. The first kappa shape index (κ1) is 29.3. The minimum atomic E-state index is -4.71. The van der Waals surface area contributed by atoms with E-state index < -0.39 is 59.8 Å². The molecule has 2 atom stereocenters. The Kier molecular flexibility index (Phi) is 8.98. The number of nitrogens with one attached hydrogen (secondary N) is 2. The molecule has 1 aliphatic rings. The Balaban J connectivity index is 1.51. The van der Waals surface area contributed by atoms with Gasteiger partial charge in [0.1, 0.15) is 11.9 Å². The summed E-state index contributed by atoms with van der Waals surface area (Å²) in [5.74, 6) is -6.27. The fraction of sp³-hybridized carbons (Fsp3) is 0.360. The maximum atomic E-state index is 14.4. The number of hydrogen-bond donors (Lipinski definition) is 2. The second kappa shape index (κ2) is 12.3. The molecule has 2 unspecified atom stereocenters. The number of rotatable bonds is 9. The number of hydrogen-bond acceptors (Lipinski definition) is 5. The van der Waals surface area contributed by atoms with Crippen molar-refractivity contribution >= 4 is 23.6 Å². The number of carbonyl (C=O) groups excluding carboxylic acids is 2. The lowest BCUT2D eigenvalue weighted by Crippen LogP contribution is -2.49. The maximum Gasteiger partial charge on any atom is 0.451 e. The molecular formula is C25H23ClF6N6O2. The molecule has 2 N–H and O–H groups in total. The molecule has 3 aromatic rings. The van der Waals surface area contributed by atoms with E-state index in [1.165, 1.54) is 4.90 Å². The standard InChI is InChI=1S/C25H23ClF6N6O2/c26-34-20(8-14-4-2-1-3-5-14)23(40)33-16(9-15-10-18(28)19(29)12-17(15)27)11-22(39)37-6-7-38-21(13-37)35-36-24(38)25(30,31)32/h1-5,10,12,16,20,34H,6-9,11,13H2,(H,33,40). The number of alkyl halides is 3. The van der Waals surface area contributed by atoms with Crippen molar-refractivity contribution in [1.82, 2.24) is 29.8 Å². The van der Waals surface area contributed by atoms with Crippen molar-refractivity contribution in [2.24, 2.45) is 0 Å². The topological polar surface area (TPSA) is 92.2 Å². The first-order chi connectivity index (χ1) is 19.0. The van der Waals surface area contributed by atoms with Crippen LogP contribution in [0.3, 0.4) is 0 Å². The van der Waals surface area contributed by atoms with E-state index in [1.807, 2.05) is 0 Å². The van der Waals surface area contributed by atoms with E-state index in [0.29, 0.717) is 12.1 Å². The summed E-state index contributed by atoms with van der Waals surface area (Å²) in [5.41, 5.74) is 0.481. The van der Waals surface area contributed by atoms with Crippen LogP contribution in [0.5, 0.6) is 0 Å². The van der Waals surface area contributed by atoms with Gasteiger partial charge < -0.3 is 14.8 Å². The van der Waals surface area contributed by atoms with Crippen LogP contribution in [0.1, 0.15) is 29.2 Å². The Morgan fingerprint density at radius 1 is 0.975 bits per heavy atom. The SMILES string of the molecule is O=C(NC(CC(=O)N1CCn2c(nnc2C(F)(F)F)C1)Cc1cc(F)c(F)cc1F)C(Cc1ccccc1)NCl. The molecule has 0 bridgehead atoms. The molecule has 15 heteroatoms. The lowest BCUT2D eigenvalue weighted by atomic mass is 10.00. The van der Waals surface area contributed by atoms with E-state index in [4.69, 9.17) is 11.8 Å². The molecule has 214 valence electrons. The lowest BCUT2D eigenvalue weighted by molar-refractivity contribution is -0.148. The third kappa shape index (κ3) is 6.91. The van der Waals surface area contributed by atoms with Crippen molar-refractivity contribution in [3.05, 3.63) is 82.7 Å². The Labute approximate surface area is 229 Å². The number of nitrogens with zero attached hydrogens (tertiary/aromatic N) is 4. The smallest absolute Gasteiger partial charge is 0.351 e. The number of halogens is 7. The quantitative estimate of drug-likeness (QED) is 0.227. The van der Waals surface area contributed by atoms with Gasteiger partial charge in [-0.1, -0.05) is 30.3 Å². The van der Waals surface area contributed by atoms with Gasteiger partial charge in [-0.15, -0.1) is 10.2 Å². The monoisotopic (exact) mass is 588 g/mol. The van der Waals surface area contributed by atoms with E-state index in [2.05, 4.69) is 20.3 Å². The molecule has 4 rings (SSSR count). The highest BCUT2D eigenvalue weighted by molar-refractivity contribution is 6.15. The first-order valence-corrected chi connectivity index (χ1v) is 12.4. The van der Waals surface area contributed by atoms with Crippen molar-refractivity contribution in [2.75, 3.05) is 6.54 Å². The van der Waals surface area contributed by atoms with Crippen molar-refractivity contribution < 1.29 is 35.9 Å². The van der Waals surface area contributed by atoms with Crippen LogP contribution in [0, 0.1) is 17.5 Å². The van der Waals surface area contributed by atoms with Gasteiger partial charge in [0, 0.05) is 31.6 Å². The lowest BCUT2D eigenvalue weighted by Gasteiger charge is -2.30. The molecule has 1 aliphatic heterocycles. The van der Waals surface area contributed by atoms with Crippen LogP contribution in [0.15, 0.2) is 42.5 Å². The van der Waals surface area contributed by atoms with Crippen molar-refractivity contribution in [2.45, 2.75) is 50.6 Å². The highest BCUT2D eigenvalue weighted by Crippen LogP contribution is 2.29. The molecule has 0 fully saturated rings. The largest absolute Gasteiger partial charge is 0.451 e. The molecular weight excluding hydrogens is 566 g/mol. The van der Waals surface area contributed by atoms with E-state index in [9.17, 15) is 35.9 Å². The van der Waals surface area contributed by atoms with Crippen LogP contribution in [0.25, 0.3) is 0 Å². The Morgan fingerprint density at radius 3 is 2.35 bits per heavy atom. The molecule has 0 aliphatic carbocycles. The molecule has 1 aromatic heterocycles. The minimum absolute atomic E-state index is 0.0755. The number of carbonyl (C=O) groups is 2. The molecule has 2 aromatic carbocycles. The van der Waals surface area contributed by atoms with Gasteiger partial charge in [-0.05, 0) is 41.8 Å². The van der Waals surface area contributed by atoms with Crippen LogP contribution in [0.4, 0.5) is 26.3 Å². The molecule has 40 heavy (non-hydrogen) atoms. The second-order valence-corrected chi connectivity index (χ2v) is 9.45. The number of aromatic nitrogens is 3. The van der Waals surface area contributed by atoms with Crippen molar-refractivity contribution in [3.63, 3.8) is 0 Å². The molecule has 0 saturated carbocycles. The van der Waals surface area contributed by atoms with Crippen molar-refractivity contribution in [3.8, 4) is 0 Å². The average Bonchev–Trinajstić information content (AvgIpc) is 3.35. The molecule has 0 saturated heterocycles. The van der Waals surface area contributed by atoms with Gasteiger partial charge in [0.05, 0.1) is 6.54 Å². The summed E-state index contributed by atoms with van der Waals surface area (Å²) in [6.45, 7) is -0.595. The van der Waals surface area contributed by atoms with Gasteiger partial charge in [-0.25, -0.2) is 18.0 Å². The third-order valence-corrected chi connectivity index (χ3v) is 6.68. The fourth-order valence-corrected chi connectivity index (χ4v) is 4.59. The average molecular weight is 589 g/mol. The zero-order valence-electron chi connectivity index (χ0n) is 20.7. The van der Waals surface area contributed by atoms with Crippen molar-refractivity contribution in [1.29, 1.82) is 0 Å². The van der Waals surface area contributed by atoms with Gasteiger partial charge in [-0.2, -0.15) is 13.2 Å². The molecule has 2 amide bonds. The molecule has 2 heterocycles. The van der Waals surface area contributed by atoms with E-state index in [-0.39, 0.29) is 43.9 Å². The normalized spacial score (nSPS) is 14.9. The Morgan fingerprint density at radius 2 is 1.68 bits per heavy atom. The van der Waals surface area contributed by atoms with Gasteiger partial charge in [-0.3, -0.25) is 9.59 Å². The number of amides is 2. The maximum absolute atomic E-state index is 14.4.